The molecule has 0 spiro atoms. The summed E-state index contributed by atoms with van der Waals surface area (Å²) in [5.41, 5.74) is -0.523. The number of rotatable bonds is 5. The van der Waals surface area contributed by atoms with Crippen LogP contribution >= 0.6 is 15.9 Å². The van der Waals surface area contributed by atoms with Gasteiger partial charge < -0.3 is 19.7 Å². The topological polar surface area (TPSA) is 76.0 Å². The quantitative estimate of drug-likeness (QED) is 0.867. The SMILES string of the molecule is COc1cc(Br)c(CC(C)(C)C(=O)O)c(O)c1OC. The highest BCUT2D eigenvalue weighted by Crippen LogP contribution is 2.45. The number of phenolic OH excluding ortho intramolecular Hbond substituents is 1. The van der Waals surface area contributed by atoms with Crippen molar-refractivity contribution in [3.63, 3.8) is 0 Å². The molecule has 0 aliphatic carbocycles. The molecule has 0 unspecified atom stereocenters. The van der Waals surface area contributed by atoms with Gasteiger partial charge in [-0.25, -0.2) is 0 Å². The number of hydrogen-bond acceptors (Lipinski definition) is 4. The van der Waals surface area contributed by atoms with E-state index in [1.54, 1.807) is 19.9 Å². The van der Waals surface area contributed by atoms with Crippen molar-refractivity contribution >= 4 is 21.9 Å². The van der Waals surface area contributed by atoms with Crippen molar-refractivity contribution in [3.05, 3.63) is 16.1 Å². The Balaban J connectivity index is 3.33. The first-order valence-electron chi connectivity index (χ1n) is 5.60. The lowest BCUT2D eigenvalue weighted by atomic mass is 9.85. The number of ether oxygens (including phenoxy) is 2. The van der Waals surface area contributed by atoms with Gasteiger partial charge in [0.05, 0.1) is 19.6 Å². The van der Waals surface area contributed by atoms with Crippen LogP contribution in [0.4, 0.5) is 0 Å². The predicted molar refractivity (Wildman–Crippen MR) is 74.0 cm³/mol. The summed E-state index contributed by atoms with van der Waals surface area (Å²) in [6.45, 7) is 3.19. The minimum atomic E-state index is -1.00. The molecule has 1 rings (SSSR count). The smallest absolute Gasteiger partial charge is 0.309 e. The molecule has 6 heteroatoms. The molecule has 106 valence electrons. The summed E-state index contributed by atoms with van der Waals surface area (Å²) in [6.07, 6.45) is 0.162. The number of aliphatic carboxylic acids is 1. The fraction of sp³-hybridized carbons (Fsp3) is 0.462. The van der Waals surface area contributed by atoms with Crippen molar-refractivity contribution < 1.29 is 24.5 Å². The average Bonchev–Trinajstić information content (AvgIpc) is 2.33. The Morgan fingerprint density at radius 3 is 2.37 bits per heavy atom. The number of carboxylic acids is 1. The van der Waals surface area contributed by atoms with E-state index in [0.717, 1.165) is 0 Å². The second kappa shape index (κ2) is 5.69. The first-order valence-corrected chi connectivity index (χ1v) is 6.39. The molecule has 0 radical (unpaired) electrons. The number of aromatic hydroxyl groups is 1. The van der Waals surface area contributed by atoms with Gasteiger partial charge in [-0.05, 0) is 26.3 Å². The van der Waals surface area contributed by atoms with Crippen LogP contribution in [0.2, 0.25) is 0 Å². The Kier molecular flexibility index (Phi) is 4.68. The highest BCUT2D eigenvalue weighted by molar-refractivity contribution is 9.10. The molecule has 1 aromatic carbocycles. The van der Waals surface area contributed by atoms with E-state index in [4.69, 9.17) is 14.6 Å². The first kappa shape index (κ1) is 15.6. The standard InChI is InChI=1S/C13H17BrO5/c1-13(2,12(16)17)6-7-8(14)5-9(18-3)11(19-4)10(7)15/h5,15H,6H2,1-4H3,(H,16,17). The summed E-state index contributed by atoms with van der Waals surface area (Å²) in [5.74, 6) is -0.470. The lowest BCUT2D eigenvalue weighted by Crippen LogP contribution is -2.26. The number of benzene rings is 1. The van der Waals surface area contributed by atoms with E-state index < -0.39 is 11.4 Å². The second-order valence-electron chi connectivity index (χ2n) is 4.79. The fourth-order valence-electron chi connectivity index (χ4n) is 1.67. The minimum absolute atomic E-state index is 0.108. The molecule has 1 aromatic rings. The summed E-state index contributed by atoms with van der Waals surface area (Å²) in [4.78, 5) is 11.2. The zero-order valence-corrected chi connectivity index (χ0v) is 12.9. The van der Waals surface area contributed by atoms with Crippen LogP contribution in [-0.4, -0.2) is 30.4 Å². The Bertz CT molecular complexity index is 496. The molecular formula is C13H17BrO5. The van der Waals surface area contributed by atoms with Crippen molar-refractivity contribution in [2.24, 2.45) is 5.41 Å². The summed E-state index contributed by atoms with van der Waals surface area (Å²) >= 11 is 3.32. The molecule has 0 bridgehead atoms. The third-order valence-electron chi connectivity index (χ3n) is 2.89. The number of carbonyl (C=O) groups is 1. The third kappa shape index (κ3) is 3.12. The number of phenols is 1. The van der Waals surface area contributed by atoms with E-state index in [-0.39, 0.29) is 17.9 Å². The van der Waals surface area contributed by atoms with Crippen molar-refractivity contribution in [1.82, 2.24) is 0 Å². The maximum absolute atomic E-state index is 11.2. The van der Waals surface area contributed by atoms with Crippen molar-refractivity contribution in [2.75, 3.05) is 14.2 Å². The maximum atomic E-state index is 11.2. The highest BCUT2D eigenvalue weighted by Gasteiger charge is 2.31. The number of carboxylic acid groups (broad SMARTS) is 1. The minimum Gasteiger partial charge on any atom is -0.504 e. The van der Waals surface area contributed by atoms with Gasteiger partial charge in [0.15, 0.2) is 11.5 Å². The predicted octanol–water partition coefficient (Wildman–Crippen LogP) is 2.83. The lowest BCUT2D eigenvalue weighted by molar-refractivity contribution is -0.146. The van der Waals surface area contributed by atoms with Gasteiger partial charge in [-0.1, -0.05) is 15.9 Å². The summed E-state index contributed by atoms with van der Waals surface area (Å²) < 4.78 is 10.8. The van der Waals surface area contributed by atoms with Crippen molar-refractivity contribution in [3.8, 4) is 17.2 Å². The normalized spacial score (nSPS) is 11.2. The maximum Gasteiger partial charge on any atom is 0.309 e. The molecule has 2 N–H and O–H groups in total. The largest absolute Gasteiger partial charge is 0.504 e. The van der Waals surface area contributed by atoms with Crippen molar-refractivity contribution in [1.29, 1.82) is 0 Å². The van der Waals surface area contributed by atoms with Gasteiger partial charge in [0.1, 0.15) is 0 Å². The van der Waals surface area contributed by atoms with E-state index in [1.807, 2.05) is 0 Å². The molecule has 0 aliphatic heterocycles. The van der Waals surface area contributed by atoms with Crippen LogP contribution in [0.15, 0.2) is 10.5 Å². The van der Waals surface area contributed by atoms with Gasteiger partial charge in [0.25, 0.3) is 0 Å². The Morgan fingerprint density at radius 1 is 1.37 bits per heavy atom. The molecule has 0 heterocycles. The molecule has 0 fully saturated rings. The Morgan fingerprint density at radius 2 is 1.95 bits per heavy atom. The Hall–Kier alpha value is -1.43. The Labute approximate surface area is 120 Å². The van der Waals surface area contributed by atoms with E-state index in [1.165, 1.54) is 14.2 Å². The molecular weight excluding hydrogens is 316 g/mol. The van der Waals surface area contributed by atoms with E-state index in [2.05, 4.69) is 15.9 Å². The highest BCUT2D eigenvalue weighted by atomic mass is 79.9. The molecule has 0 saturated heterocycles. The van der Waals surface area contributed by atoms with E-state index >= 15 is 0 Å². The average molecular weight is 333 g/mol. The summed E-state index contributed by atoms with van der Waals surface area (Å²) in [5, 5.41) is 19.4. The second-order valence-corrected chi connectivity index (χ2v) is 5.64. The molecule has 0 aromatic heterocycles. The molecule has 0 amide bonds. The van der Waals surface area contributed by atoms with E-state index in [0.29, 0.717) is 15.8 Å². The van der Waals surface area contributed by atoms with Crippen LogP contribution in [0.5, 0.6) is 17.2 Å². The molecule has 0 atom stereocenters. The van der Waals surface area contributed by atoms with Gasteiger partial charge in [-0.15, -0.1) is 0 Å². The molecule has 19 heavy (non-hydrogen) atoms. The van der Waals surface area contributed by atoms with Crippen molar-refractivity contribution in [2.45, 2.75) is 20.3 Å². The molecule has 0 saturated carbocycles. The van der Waals surface area contributed by atoms with Crippen LogP contribution in [0.25, 0.3) is 0 Å². The van der Waals surface area contributed by atoms with Crippen LogP contribution < -0.4 is 9.47 Å². The fourth-order valence-corrected chi connectivity index (χ4v) is 2.21. The summed E-state index contributed by atoms with van der Waals surface area (Å²) in [6, 6.07) is 1.64. The summed E-state index contributed by atoms with van der Waals surface area (Å²) in [7, 11) is 2.88. The van der Waals surface area contributed by atoms with Gasteiger partial charge >= 0.3 is 5.97 Å². The number of hydrogen-bond donors (Lipinski definition) is 2. The van der Waals surface area contributed by atoms with Crippen LogP contribution in [0.3, 0.4) is 0 Å². The zero-order chi connectivity index (χ0) is 14.8. The zero-order valence-electron chi connectivity index (χ0n) is 11.3. The van der Waals surface area contributed by atoms with Gasteiger partial charge in [-0.2, -0.15) is 0 Å². The lowest BCUT2D eigenvalue weighted by Gasteiger charge is -2.22. The number of halogens is 1. The van der Waals surface area contributed by atoms with Crippen LogP contribution in [0, 0.1) is 5.41 Å². The van der Waals surface area contributed by atoms with Crippen LogP contribution in [-0.2, 0) is 11.2 Å². The molecule has 0 aliphatic rings. The molecule has 5 nitrogen and oxygen atoms in total. The first-order chi connectivity index (χ1) is 8.74. The van der Waals surface area contributed by atoms with Gasteiger partial charge in [0, 0.05) is 10.0 Å². The van der Waals surface area contributed by atoms with E-state index in [9.17, 15) is 9.90 Å². The number of methoxy groups -OCH3 is 2. The van der Waals surface area contributed by atoms with Gasteiger partial charge in [-0.3, -0.25) is 4.79 Å². The monoisotopic (exact) mass is 332 g/mol. The van der Waals surface area contributed by atoms with Gasteiger partial charge in [0.2, 0.25) is 5.75 Å². The van der Waals surface area contributed by atoms with Crippen LogP contribution in [0.1, 0.15) is 19.4 Å². The third-order valence-corrected chi connectivity index (χ3v) is 3.60.